The summed E-state index contributed by atoms with van der Waals surface area (Å²) in [4.78, 5) is 9.79. The van der Waals surface area contributed by atoms with Gasteiger partial charge in [0.15, 0.2) is 11.3 Å². The second kappa shape index (κ2) is 7.72. The molecule has 0 unspecified atom stereocenters. The third-order valence-corrected chi connectivity index (χ3v) is 6.89. The molecule has 6 nitrogen and oxygen atoms in total. The van der Waals surface area contributed by atoms with Crippen molar-refractivity contribution < 1.29 is 5.11 Å². The van der Waals surface area contributed by atoms with Crippen molar-refractivity contribution in [3.63, 3.8) is 0 Å². The van der Waals surface area contributed by atoms with Crippen molar-refractivity contribution in [1.82, 2.24) is 19.6 Å². The van der Waals surface area contributed by atoms with E-state index in [-0.39, 0.29) is 6.10 Å². The molecule has 3 N–H and O–H groups in total. The van der Waals surface area contributed by atoms with Crippen LogP contribution in [0.1, 0.15) is 43.9 Å². The van der Waals surface area contributed by atoms with Crippen molar-refractivity contribution in [2.75, 3.05) is 0 Å². The first-order valence-electron chi connectivity index (χ1n) is 11.7. The highest BCUT2D eigenvalue weighted by Crippen LogP contribution is 2.40. The van der Waals surface area contributed by atoms with Gasteiger partial charge in [-0.05, 0) is 36.0 Å². The average Bonchev–Trinajstić information content (AvgIpc) is 3.28. The Morgan fingerprint density at radius 2 is 1.74 bits per heavy atom. The number of hydrogen-bond acceptors (Lipinski definition) is 5. The quantitative estimate of drug-likeness (QED) is 0.401. The van der Waals surface area contributed by atoms with Crippen LogP contribution in [0.2, 0.25) is 0 Å². The van der Waals surface area contributed by atoms with Crippen LogP contribution >= 0.6 is 0 Å². The van der Waals surface area contributed by atoms with Crippen LogP contribution in [0.4, 0.5) is 0 Å². The lowest BCUT2D eigenvalue weighted by Gasteiger charge is -2.42. The molecule has 170 valence electrons. The van der Waals surface area contributed by atoms with Crippen molar-refractivity contribution in [2.45, 2.75) is 44.2 Å². The van der Waals surface area contributed by atoms with Gasteiger partial charge in [0, 0.05) is 34.3 Å². The lowest BCUT2D eigenvalue weighted by Crippen LogP contribution is -2.51. The van der Waals surface area contributed by atoms with Gasteiger partial charge in [-0.2, -0.15) is 9.61 Å². The molecule has 5 aromatic rings. The molecule has 0 spiro atoms. The first kappa shape index (κ1) is 21.0. The Balaban J connectivity index is 1.55. The zero-order chi connectivity index (χ0) is 23.4. The second-order valence-electron chi connectivity index (χ2n) is 9.71. The summed E-state index contributed by atoms with van der Waals surface area (Å²) in [7, 11) is 0. The molecule has 1 saturated carbocycles. The van der Waals surface area contributed by atoms with Crippen LogP contribution in [0.25, 0.3) is 39.1 Å². The number of benzene rings is 2. The van der Waals surface area contributed by atoms with Gasteiger partial charge in [-0.15, -0.1) is 0 Å². The Morgan fingerprint density at radius 1 is 1.00 bits per heavy atom. The maximum atomic E-state index is 9.76. The van der Waals surface area contributed by atoms with Crippen LogP contribution < -0.4 is 5.73 Å². The van der Waals surface area contributed by atoms with Gasteiger partial charge >= 0.3 is 0 Å². The lowest BCUT2D eigenvalue weighted by molar-refractivity contribution is 0.0209. The first-order valence-corrected chi connectivity index (χ1v) is 11.7. The van der Waals surface area contributed by atoms with Crippen molar-refractivity contribution in [3.05, 3.63) is 84.2 Å². The van der Waals surface area contributed by atoms with Gasteiger partial charge in [0.1, 0.15) is 0 Å². The molecule has 1 fully saturated rings. The number of fused-ring (bicyclic) bond motifs is 3. The fourth-order valence-electron chi connectivity index (χ4n) is 4.87. The number of rotatable bonds is 4. The predicted octanol–water partition coefficient (Wildman–Crippen LogP) is 5.04. The number of nitrogens with zero attached hydrogens (tertiary/aromatic N) is 4. The van der Waals surface area contributed by atoms with Gasteiger partial charge in [-0.1, -0.05) is 68.4 Å². The summed E-state index contributed by atoms with van der Waals surface area (Å²) < 4.78 is 1.85. The largest absolute Gasteiger partial charge is 0.393 e. The van der Waals surface area contributed by atoms with Crippen LogP contribution in [0.15, 0.2) is 72.9 Å². The van der Waals surface area contributed by atoms with E-state index in [4.69, 9.17) is 15.8 Å². The number of aliphatic hydroxyl groups excluding tert-OH is 1. The van der Waals surface area contributed by atoms with Gasteiger partial charge < -0.3 is 10.8 Å². The predicted molar refractivity (Wildman–Crippen MR) is 134 cm³/mol. The molecule has 0 radical (unpaired) electrons. The highest BCUT2D eigenvalue weighted by molar-refractivity contribution is 5.90. The molecule has 1 aliphatic rings. The maximum absolute atomic E-state index is 9.76. The monoisotopic (exact) mass is 449 g/mol. The third kappa shape index (κ3) is 3.38. The smallest absolute Gasteiger partial charge is 0.165 e. The third-order valence-electron chi connectivity index (χ3n) is 6.89. The van der Waals surface area contributed by atoms with Gasteiger partial charge in [0.05, 0.1) is 17.5 Å². The summed E-state index contributed by atoms with van der Waals surface area (Å²) in [5.41, 5.74) is 13.7. The minimum atomic E-state index is -0.447. The molecule has 0 atom stereocenters. The SMILES string of the molecule is CC(C)c1cc2ncc3cc(-c4ccccc4)c(-c4ccc(C5(N)CC(O)C5)cc4)nc3n2n1. The number of aliphatic hydroxyl groups is 1. The molecule has 0 saturated heterocycles. The minimum absolute atomic E-state index is 0.306. The molecular weight excluding hydrogens is 422 g/mol. The summed E-state index contributed by atoms with van der Waals surface area (Å²) in [6.45, 7) is 4.26. The van der Waals surface area contributed by atoms with E-state index < -0.39 is 5.54 Å². The summed E-state index contributed by atoms with van der Waals surface area (Å²) in [5.74, 6) is 0.306. The van der Waals surface area contributed by atoms with Crippen LogP contribution in [-0.4, -0.2) is 30.8 Å². The van der Waals surface area contributed by atoms with Crippen molar-refractivity contribution in [1.29, 1.82) is 0 Å². The molecule has 1 aliphatic carbocycles. The normalized spacial score (nSPS) is 20.2. The topological polar surface area (TPSA) is 89.3 Å². The zero-order valence-electron chi connectivity index (χ0n) is 19.3. The molecule has 0 amide bonds. The molecular formula is C28H27N5O. The van der Waals surface area contributed by atoms with Crippen molar-refractivity contribution in [3.8, 4) is 22.4 Å². The van der Waals surface area contributed by atoms with E-state index in [1.165, 1.54) is 0 Å². The van der Waals surface area contributed by atoms with Gasteiger partial charge in [-0.25, -0.2) is 9.97 Å². The standard InChI is InChI=1S/C28H27N5O/c1-17(2)24-13-25-30-16-20-12-23(18-6-4-3-5-7-18)26(31-27(20)33(25)32-24)19-8-10-21(11-9-19)28(29)14-22(34)15-28/h3-13,16-17,22,34H,14-15,29H2,1-2H3. The van der Waals surface area contributed by atoms with E-state index in [2.05, 4.69) is 61.3 Å². The molecule has 0 aliphatic heterocycles. The van der Waals surface area contributed by atoms with Gasteiger partial charge in [0.25, 0.3) is 0 Å². The van der Waals surface area contributed by atoms with Crippen molar-refractivity contribution in [2.24, 2.45) is 5.73 Å². The number of hydrogen-bond donors (Lipinski definition) is 2. The molecule has 6 rings (SSSR count). The molecule has 6 heteroatoms. The Bertz CT molecular complexity index is 1500. The highest BCUT2D eigenvalue weighted by Gasteiger charge is 2.41. The fourth-order valence-corrected chi connectivity index (χ4v) is 4.87. The lowest BCUT2D eigenvalue weighted by atomic mass is 9.70. The molecule has 3 aromatic heterocycles. The number of aromatic nitrogens is 4. The number of nitrogens with two attached hydrogens (primary N) is 1. The first-order chi connectivity index (χ1) is 16.4. The van der Waals surface area contributed by atoms with Crippen molar-refractivity contribution >= 4 is 16.7 Å². The van der Waals surface area contributed by atoms with Gasteiger partial charge in [-0.3, -0.25) is 0 Å². The Kier molecular flexibility index (Phi) is 4.76. The average molecular weight is 450 g/mol. The van der Waals surface area contributed by atoms with E-state index in [1.807, 2.05) is 35.0 Å². The van der Waals surface area contributed by atoms with Crippen LogP contribution in [0, 0.1) is 0 Å². The minimum Gasteiger partial charge on any atom is -0.393 e. The van der Waals surface area contributed by atoms with Crippen LogP contribution in [0.5, 0.6) is 0 Å². The van der Waals surface area contributed by atoms with E-state index in [0.717, 1.165) is 50.3 Å². The summed E-state index contributed by atoms with van der Waals surface area (Å²) in [6.07, 6.45) is 2.76. The summed E-state index contributed by atoms with van der Waals surface area (Å²) >= 11 is 0. The molecule has 0 bridgehead atoms. The molecule has 3 heterocycles. The van der Waals surface area contributed by atoms with Crippen LogP contribution in [-0.2, 0) is 5.54 Å². The summed E-state index contributed by atoms with van der Waals surface area (Å²) in [5, 5.41) is 15.5. The van der Waals surface area contributed by atoms with Gasteiger partial charge in [0.2, 0.25) is 0 Å². The van der Waals surface area contributed by atoms with Crippen LogP contribution in [0.3, 0.4) is 0 Å². The summed E-state index contributed by atoms with van der Waals surface area (Å²) in [6, 6.07) is 22.8. The maximum Gasteiger partial charge on any atom is 0.165 e. The zero-order valence-corrected chi connectivity index (χ0v) is 19.3. The van der Waals surface area contributed by atoms with E-state index in [9.17, 15) is 5.11 Å². The Hall–Kier alpha value is -3.61. The number of pyridine rings is 1. The van der Waals surface area contributed by atoms with E-state index in [1.54, 1.807) is 0 Å². The highest BCUT2D eigenvalue weighted by atomic mass is 16.3. The second-order valence-corrected chi connectivity index (χ2v) is 9.71. The molecule has 34 heavy (non-hydrogen) atoms. The molecule has 2 aromatic carbocycles. The Labute approximate surface area is 198 Å². The Morgan fingerprint density at radius 3 is 2.41 bits per heavy atom. The van der Waals surface area contributed by atoms with E-state index >= 15 is 0 Å². The van der Waals surface area contributed by atoms with E-state index in [0.29, 0.717) is 18.8 Å². The fraction of sp³-hybridized carbons (Fsp3) is 0.250.